The standard InChI is InChI=1S/C24H21N3O4/c1-2-31-18-10-8-17(9-11-18)22(28)20-21(19-7-3-4-13-26-19)27(24(30)23(20)29)15-16-6-5-12-25-14-16/h3-14,21,28H,2,15H2,1H3/b22-20+/t21-/m1/s1. The highest BCUT2D eigenvalue weighted by Crippen LogP contribution is 2.39. The third-order valence-corrected chi connectivity index (χ3v) is 5.02. The van der Waals surface area contributed by atoms with E-state index < -0.39 is 17.7 Å². The van der Waals surface area contributed by atoms with Gasteiger partial charge in [0.15, 0.2) is 0 Å². The summed E-state index contributed by atoms with van der Waals surface area (Å²) in [7, 11) is 0. The minimum Gasteiger partial charge on any atom is -0.507 e. The summed E-state index contributed by atoms with van der Waals surface area (Å²) in [4.78, 5) is 35.8. The van der Waals surface area contributed by atoms with Gasteiger partial charge in [-0.05, 0) is 55.0 Å². The Balaban J connectivity index is 1.80. The molecule has 1 aliphatic rings. The largest absolute Gasteiger partial charge is 0.507 e. The third kappa shape index (κ3) is 4.02. The fourth-order valence-corrected chi connectivity index (χ4v) is 3.61. The SMILES string of the molecule is CCOc1ccc(/C(O)=C2\C(=O)C(=O)N(Cc3cccnc3)[C@@H]2c2ccccn2)cc1. The molecule has 0 bridgehead atoms. The number of benzene rings is 1. The monoisotopic (exact) mass is 415 g/mol. The minimum atomic E-state index is -0.812. The van der Waals surface area contributed by atoms with E-state index in [1.165, 1.54) is 4.90 Å². The molecule has 0 radical (unpaired) electrons. The first kappa shape index (κ1) is 20.3. The summed E-state index contributed by atoms with van der Waals surface area (Å²) in [5.74, 6) is -1.03. The predicted octanol–water partition coefficient (Wildman–Crippen LogP) is 3.50. The molecule has 4 rings (SSSR count). The Bertz CT molecular complexity index is 1110. The zero-order valence-electron chi connectivity index (χ0n) is 16.9. The molecule has 1 saturated heterocycles. The van der Waals surface area contributed by atoms with Gasteiger partial charge in [-0.1, -0.05) is 12.1 Å². The summed E-state index contributed by atoms with van der Waals surface area (Å²) >= 11 is 0. The summed E-state index contributed by atoms with van der Waals surface area (Å²) in [6.45, 7) is 2.56. The molecule has 0 spiro atoms. The second kappa shape index (κ2) is 8.79. The van der Waals surface area contributed by atoms with Gasteiger partial charge in [0.2, 0.25) is 0 Å². The number of hydrogen-bond donors (Lipinski definition) is 1. The van der Waals surface area contributed by atoms with Crippen LogP contribution in [0.15, 0.2) is 78.8 Å². The fraction of sp³-hybridized carbons (Fsp3) is 0.167. The summed E-state index contributed by atoms with van der Waals surface area (Å²) in [5, 5.41) is 11.0. The molecule has 1 atom stereocenters. The molecule has 31 heavy (non-hydrogen) atoms. The number of ether oxygens (including phenoxy) is 1. The number of Topliss-reactive ketones (excluding diaryl/α,β-unsaturated/α-hetero) is 1. The molecule has 7 nitrogen and oxygen atoms in total. The zero-order chi connectivity index (χ0) is 21.8. The lowest BCUT2D eigenvalue weighted by molar-refractivity contribution is -0.140. The molecule has 0 saturated carbocycles. The Morgan fingerprint density at radius 1 is 1.06 bits per heavy atom. The molecule has 0 unspecified atom stereocenters. The van der Waals surface area contributed by atoms with Gasteiger partial charge in [-0.25, -0.2) is 0 Å². The van der Waals surface area contributed by atoms with Crippen LogP contribution in [0.25, 0.3) is 5.76 Å². The first-order valence-electron chi connectivity index (χ1n) is 9.91. The second-order valence-electron chi connectivity index (χ2n) is 7.00. The van der Waals surface area contributed by atoms with E-state index in [0.29, 0.717) is 23.6 Å². The number of nitrogens with zero attached hydrogens (tertiary/aromatic N) is 3. The molecule has 156 valence electrons. The number of aliphatic hydroxyl groups excluding tert-OH is 1. The van der Waals surface area contributed by atoms with Gasteiger partial charge in [0.1, 0.15) is 17.6 Å². The predicted molar refractivity (Wildman–Crippen MR) is 114 cm³/mol. The molecule has 1 aromatic carbocycles. The number of likely N-dealkylation sites (tertiary alicyclic amines) is 1. The lowest BCUT2D eigenvalue weighted by Gasteiger charge is -2.24. The van der Waals surface area contributed by atoms with Gasteiger partial charge in [-0.15, -0.1) is 0 Å². The molecule has 3 heterocycles. The van der Waals surface area contributed by atoms with E-state index in [4.69, 9.17) is 4.74 Å². The molecular weight excluding hydrogens is 394 g/mol. The lowest BCUT2D eigenvalue weighted by Crippen LogP contribution is -2.29. The highest BCUT2D eigenvalue weighted by atomic mass is 16.5. The number of carbonyl (C=O) groups is 2. The van der Waals surface area contributed by atoms with E-state index in [-0.39, 0.29) is 17.9 Å². The van der Waals surface area contributed by atoms with Crippen molar-refractivity contribution in [3.63, 3.8) is 0 Å². The van der Waals surface area contributed by atoms with Crippen molar-refractivity contribution >= 4 is 17.4 Å². The normalized spacial score (nSPS) is 17.7. The molecule has 1 N–H and O–H groups in total. The highest BCUT2D eigenvalue weighted by Gasteiger charge is 2.46. The maximum absolute atomic E-state index is 13.0. The average Bonchev–Trinajstić information content (AvgIpc) is 3.05. The van der Waals surface area contributed by atoms with Gasteiger partial charge in [-0.2, -0.15) is 0 Å². The van der Waals surface area contributed by atoms with Gasteiger partial charge in [0.05, 0.1) is 17.9 Å². The molecule has 0 aliphatic carbocycles. The second-order valence-corrected chi connectivity index (χ2v) is 7.00. The Morgan fingerprint density at radius 2 is 1.87 bits per heavy atom. The molecular formula is C24H21N3O4. The molecule has 3 aromatic rings. The van der Waals surface area contributed by atoms with Crippen LogP contribution in [-0.4, -0.2) is 38.3 Å². The molecule has 7 heteroatoms. The van der Waals surface area contributed by atoms with E-state index in [0.717, 1.165) is 5.56 Å². The summed E-state index contributed by atoms with van der Waals surface area (Å²) in [6.07, 6.45) is 4.87. The number of carbonyl (C=O) groups excluding carboxylic acids is 2. The van der Waals surface area contributed by atoms with Gasteiger partial charge in [0, 0.05) is 30.7 Å². The maximum atomic E-state index is 13.0. The van der Waals surface area contributed by atoms with Crippen molar-refractivity contribution in [1.82, 2.24) is 14.9 Å². The average molecular weight is 415 g/mol. The van der Waals surface area contributed by atoms with Crippen molar-refractivity contribution in [2.75, 3.05) is 6.61 Å². The lowest BCUT2D eigenvalue weighted by atomic mass is 9.98. The van der Waals surface area contributed by atoms with Crippen molar-refractivity contribution in [3.8, 4) is 5.75 Å². The number of aliphatic hydroxyl groups is 1. The van der Waals surface area contributed by atoms with Crippen LogP contribution in [0.4, 0.5) is 0 Å². The molecule has 2 aromatic heterocycles. The van der Waals surface area contributed by atoms with Crippen molar-refractivity contribution in [2.24, 2.45) is 0 Å². The minimum absolute atomic E-state index is 0.0109. The number of amides is 1. The first-order chi connectivity index (χ1) is 15.1. The number of ketones is 1. The molecule has 1 fully saturated rings. The smallest absolute Gasteiger partial charge is 0.296 e. The van der Waals surface area contributed by atoms with Crippen LogP contribution >= 0.6 is 0 Å². The number of hydrogen-bond acceptors (Lipinski definition) is 6. The first-order valence-corrected chi connectivity index (χ1v) is 9.91. The Morgan fingerprint density at radius 3 is 2.52 bits per heavy atom. The fourth-order valence-electron chi connectivity index (χ4n) is 3.61. The Kier molecular flexibility index (Phi) is 5.75. The Labute approximate surface area is 179 Å². The van der Waals surface area contributed by atoms with Crippen molar-refractivity contribution in [1.29, 1.82) is 0 Å². The van der Waals surface area contributed by atoms with E-state index in [2.05, 4.69) is 9.97 Å². The quantitative estimate of drug-likeness (QED) is 0.376. The van der Waals surface area contributed by atoms with Gasteiger partial charge < -0.3 is 14.7 Å². The number of pyridine rings is 2. The van der Waals surface area contributed by atoms with Gasteiger partial charge >= 0.3 is 0 Å². The van der Waals surface area contributed by atoms with Crippen molar-refractivity contribution in [2.45, 2.75) is 19.5 Å². The van der Waals surface area contributed by atoms with Gasteiger partial charge in [0.25, 0.3) is 11.7 Å². The molecule has 1 aliphatic heterocycles. The van der Waals surface area contributed by atoms with Crippen LogP contribution in [0.2, 0.25) is 0 Å². The summed E-state index contributed by atoms with van der Waals surface area (Å²) < 4.78 is 5.44. The van der Waals surface area contributed by atoms with Crippen LogP contribution in [0.1, 0.15) is 29.8 Å². The van der Waals surface area contributed by atoms with Crippen LogP contribution in [-0.2, 0) is 16.1 Å². The third-order valence-electron chi connectivity index (χ3n) is 5.02. The van der Waals surface area contributed by atoms with Crippen LogP contribution in [0.3, 0.4) is 0 Å². The van der Waals surface area contributed by atoms with E-state index in [1.54, 1.807) is 67.1 Å². The number of aromatic nitrogens is 2. The zero-order valence-corrected chi connectivity index (χ0v) is 16.9. The Hall–Kier alpha value is -4.00. The molecule has 1 amide bonds. The maximum Gasteiger partial charge on any atom is 0.296 e. The van der Waals surface area contributed by atoms with E-state index in [1.807, 2.05) is 13.0 Å². The van der Waals surface area contributed by atoms with Gasteiger partial charge in [-0.3, -0.25) is 19.6 Å². The van der Waals surface area contributed by atoms with E-state index >= 15 is 0 Å². The number of rotatable bonds is 6. The van der Waals surface area contributed by atoms with E-state index in [9.17, 15) is 14.7 Å². The van der Waals surface area contributed by atoms with Crippen molar-refractivity contribution < 1.29 is 19.4 Å². The highest BCUT2D eigenvalue weighted by molar-refractivity contribution is 6.46. The summed E-state index contributed by atoms with van der Waals surface area (Å²) in [6, 6.07) is 14.8. The van der Waals surface area contributed by atoms with Crippen LogP contribution in [0, 0.1) is 0 Å². The topological polar surface area (TPSA) is 92.6 Å². The van der Waals surface area contributed by atoms with Crippen LogP contribution in [0.5, 0.6) is 5.75 Å². The summed E-state index contributed by atoms with van der Waals surface area (Å²) in [5.41, 5.74) is 1.70. The van der Waals surface area contributed by atoms with Crippen LogP contribution < -0.4 is 4.74 Å². The van der Waals surface area contributed by atoms with Crippen molar-refractivity contribution in [3.05, 3.63) is 95.6 Å².